The summed E-state index contributed by atoms with van der Waals surface area (Å²) in [5, 5.41) is 3.30. The number of esters is 1. The molecule has 0 unspecified atom stereocenters. The highest BCUT2D eigenvalue weighted by molar-refractivity contribution is 5.84. The van der Waals surface area contributed by atoms with Crippen LogP contribution in [0.15, 0.2) is 54.6 Å². The topological polar surface area (TPSA) is 67.3 Å². The molecular formula is C26H27FN4O2. The zero-order chi connectivity index (χ0) is 23.0. The van der Waals surface area contributed by atoms with Crippen LogP contribution in [-0.4, -0.2) is 36.1 Å². The second kappa shape index (κ2) is 8.46. The summed E-state index contributed by atoms with van der Waals surface area (Å²) in [6.07, 6.45) is 4.95. The van der Waals surface area contributed by atoms with E-state index in [1.165, 1.54) is 19.2 Å². The van der Waals surface area contributed by atoms with Gasteiger partial charge in [0, 0.05) is 30.4 Å². The van der Waals surface area contributed by atoms with Crippen molar-refractivity contribution in [2.24, 2.45) is 0 Å². The maximum absolute atomic E-state index is 13.4. The van der Waals surface area contributed by atoms with Crippen LogP contribution in [0.1, 0.15) is 37.7 Å². The number of carbonyl (C=O) groups excluding carboxylic acids is 1. The first-order valence-electron chi connectivity index (χ1n) is 11.3. The minimum Gasteiger partial charge on any atom is -0.468 e. The first kappa shape index (κ1) is 21.4. The number of halogens is 1. The number of methoxy groups -OCH3 is 1. The molecule has 5 rings (SSSR count). The molecule has 2 fully saturated rings. The van der Waals surface area contributed by atoms with E-state index in [-0.39, 0.29) is 11.8 Å². The number of aromatic nitrogens is 2. The number of hydrogen-bond acceptors (Lipinski definition) is 6. The first-order valence-corrected chi connectivity index (χ1v) is 11.3. The summed E-state index contributed by atoms with van der Waals surface area (Å²) in [5.74, 6) is 0.846. The lowest BCUT2D eigenvalue weighted by Gasteiger charge is -2.39. The van der Waals surface area contributed by atoms with Crippen LogP contribution < -0.4 is 10.2 Å². The second-order valence-electron chi connectivity index (χ2n) is 8.91. The third-order valence-electron chi connectivity index (χ3n) is 6.79. The van der Waals surface area contributed by atoms with Gasteiger partial charge in [-0.05, 0) is 67.6 Å². The largest absolute Gasteiger partial charge is 0.468 e. The Hall–Kier alpha value is -3.48. The molecule has 3 aromatic rings. The molecule has 1 N–H and O–H groups in total. The highest BCUT2D eigenvalue weighted by atomic mass is 19.1. The second-order valence-corrected chi connectivity index (χ2v) is 8.91. The molecule has 0 amide bonds. The third kappa shape index (κ3) is 4.15. The van der Waals surface area contributed by atoms with Gasteiger partial charge in [0.25, 0.3) is 0 Å². The summed E-state index contributed by atoms with van der Waals surface area (Å²) in [6.45, 7) is 0. The summed E-state index contributed by atoms with van der Waals surface area (Å²) >= 11 is 0. The van der Waals surface area contributed by atoms with Gasteiger partial charge < -0.3 is 15.0 Å². The number of ether oxygens (including phenoxy) is 1. The van der Waals surface area contributed by atoms with Crippen LogP contribution in [0.5, 0.6) is 0 Å². The summed E-state index contributed by atoms with van der Waals surface area (Å²) < 4.78 is 18.5. The van der Waals surface area contributed by atoms with Crippen molar-refractivity contribution in [1.29, 1.82) is 0 Å². The fourth-order valence-electron chi connectivity index (χ4n) is 4.43. The van der Waals surface area contributed by atoms with Crippen molar-refractivity contribution >= 4 is 23.4 Å². The van der Waals surface area contributed by atoms with E-state index in [1.807, 2.05) is 37.4 Å². The molecule has 0 spiro atoms. The average Bonchev–Trinajstić information content (AvgIpc) is 3.64. The molecule has 0 aliphatic heterocycles. The maximum Gasteiger partial charge on any atom is 0.316 e. The molecule has 7 heteroatoms. The SMILES string of the molecule is COC(=O)C1(c2ccc(Nc3nc(-c4ccc(F)cc4)cc(N(C)C4CC4)n3)cc2)CCC1. The van der Waals surface area contributed by atoms with Crippen molar-refractivity contribution in [2.45, 2.75) is 43.6 Å². The van der Waals surface area contributed by atoms with Crippen LogP contribution in [0.25, 0.3) is 11.3 Å². The highest BCUT2D eigenvalue weighted by Crippen LogP contribution is 2.45. The predicted octanol–water partition coefficient (Wildman–Crippen LogP) is 5.22. The molecule has 0 bridgehead atoms. The van der Waals surface area contributed by atoms with Gasteiger partial charge in [-0.3, -0.25) is 4.79 Å². The summed E-state index contributed by atoms with van der Waals surface area (Å²) in [7, 11) is 3.48. The van der Waals surface area contributed by atoms with Crippen molar-refractivity contribution in [3.05, 3.63) is 66.0 Å². The van der Waals surface area contributed by atoms with E-state index in [0.29, 0.717) is 12.0 Å². The Morgan fingerprint density at radius 1 is 1.09 bits per heavy atom. The molecule has 2 aliphatic carbocycles. The molecule has 33 heavy (non-hydrogen) atoms. The molecule has 6 nitrogen and oxygen atoms in total. The molecule has 1 aromatic heterocycles. The minimum atomic E-state index is -0.521. The lowest BCUT2D eigenvalue weighted by molar-refractivity contribution is -0.151. The average molecular weight is 447 g/mol. The van der Waals surface area contributed by atoms with Crippen LogP contribution in [-0.2, 0) is 14.9 Å². The van der Waals surface area contributed by atoms with Crippen LogP contribution in [0.4, 0.5) is 21.8 Å². The lowest BCUT2D eigenvalue weighted by atomic mass is 9.64. The van der Waals surface area contributed by atoms with E-state index in [9.17, 15) is 9.18 Å². The number of nitrogens with zero attached hydrogens (tertiary/aromatic N) is 3. The zero-order valence-electron chi connectivity index (χ0n) is 18.8. The summed E-state index contributed by atoms with van der Waals surface area (Å²) in [4.78, 5) is 23.9. The number of nitrogens with one attached hydrogen (secondary N) is 1. The maximum atomic E-state index is 13.4. The zero-order valence-corrected chi connectivity index (χ0v) is 18.8. The molecule has 2 aromatic carbocycles. The summed E-state index contributed by atoms with van der Waals surface area (Å²) in [6, 6.07) is 16.6. The fourth-order valence-corrected chi connectivity index (χ4v) is 4.43. The summed E-state index contributed by atoms with van der Waals surface area (Å²) in [5.41, 5.74) is 2.83. The van der Waals surface area contributed by atoms with Gasteiger partial charge >= 0.3 is 5.97 Å². The van der Waals surface area contributed by atoms with Gasteiger partial charge in [0.1, 0.15) is 11.6 Å². The van der Waals surface area contributed by atoms with Gasteiger partial charge in [0.05, 0.1) is 18.2 Å². The molecule has 1 heterocycles. The Morgan fingerprint density at radius 2 is 1.79 bits per heavy atom. The molecule has 0 atom stereocenters. The lowest BCUT2D eigenvalue weighted by Crippen LogP contribution is -2.43. The van der Waals surface area contributed by atoms with Gasteiger partial charge in [-0.1, -0.05) is 18.6 Å². The monoisotopic (exact) mass is 446 g/mol. The van der Waals surface area contributed by atoms with E-state index < -0.39 is 5.41 Å². The normalized spacial score (nSPS) is 16.6. The third-order valence-corrected chi connectivity index (χ3v) is 6.79. The Morgan fingerprint density at radius 3 is 2.36 bits per heavy atom. The Balaban J connectivity index is 1.43. The first-order chi connectivity index (χ1) is 16.0. The standard InChI is InChI=1S/C26H27FN4O2/c1-31(21-12-13-21)23-16-22(17-4-8-19(27)9-5-17)29-25(30-23)28-20-10-6-18(7-11-20)26(14-3-15-26)24(32)33-2/h4-11,16,21H,3,12-15H2,1-2H3,(H,28,29,30). The van der Waals surface area contributed by atoms with Crippen LogP contribution in [0, 0.1) is 5.82 Å². The van der Waals surface area contributed by atoms with Gasteiger partial charge in [-0.25, -0.2) is 9.37 Å². The van der Waals surface area contributed by atoms with Crippen molar-refractivity contribution in [1.82, 2.24) is 9.97 Å². The van der Waals surface area contributed by atoms with Crippen LogP contribution in [0.3, 0.4) is 0 Å². The van der Waals surface area contributed by atoms with Gasteiger partial charge in [-0.2, -0.15) is 4.98 Å². The van der Waals surface area contributed by atoms with Crippen LogP contribution in [0.2, 0.25) is 0 Å². The van der Waals surface area contributed by atoms with Crippen molar-refractivity contribution in [3.63, 3.8) is 0 Å². The van der Waals surface area contributed by atoms with E-state index in [0.717, 1.165) is 60.4 Å². The molecule has 0 radical (unpaired) electrons. The molecule has 2 aliphatic rings. The Labute approximate surface area is 192 Å². The van der Waals surface area contributed by atoms with Gasteiger partial charge in [0.2, 0.25) is 5.95 Å². The van der Waals surface area contributed by atoms with Crippen molar-refractivity contribution in [2.75, 3.05) is 24.4 Å². The Kier molecular flexibility index (Phi) is 5.48. The van der Waals surface area contributed by atoms with Crippen molar-refractivity contribution in [3.8, 4) is 11.3 Å². The number of carbonyl (C=O) groups is 1. The Bertz CT molecular complexity index is 1160. The number of anilines is 3. The van der Waals surface area contributed by atoms with E-state index in [4.69, 9.17) is 9.72 Å². The fraction of sp³-hybridized carbons (Fsp3) is 0.346. The quantitative estimate of drug-likeness (QED) is 0.502. The molecular weight excluding hydrogens is 419 g/mol. The van der Waals surface area contributed by atoms with Crippen LogP contribution >= 0.6 is 0 Å². The number of benzene rings is 2. The molecule has 0 saturated heterocycles. The van der Waals surface area contributed by atoms with Crippen molar-refractivity contribution < 1.29 is 13.9 Å². The van der Waals surface area contributed by atoms with E-state index in [1.54, 1.807) is 12.1 Å². The number of hydrogen-bond donors (Lipinski definition) is 1. The molecule has 170 valence electrons. The highest BCUT2D eigenvalue weighted by Gasteiger charge is 2.46. The predicted molar refractivity (Wildman–Crippen MR) is 126 cm³/mol. The number of rotatable bonds is 7. The van der Waals surface area contributed by atoms with Gasteiger partial charge in [0.15, 0.2) is 0 Å². The minimum absolute atomic E-state index is 0.169. The van der Waals surface area contributed by atoms with E-state index >= 15 is 0 Å². The molecule has 2 saturated carbocycles. The van der Waals surface area contributed by atoms with Gasteiger partial charge in [-0.15, -0.1) is 0 Å². The van der Waals surface area contributed by atoms with E-state index in [2.05, 4.69) is 15.2 Å². The smallest absolute Gasteiger partial charge is 0.316 e.